The number of pyridine rings is 1. The summed E-state index contributed by atoms with van der Waals surface area (Å²) in [5, 5.41) is 8.04. The Morgan fingerprint density at radius 2 is 2.15 bits per heavy atom. The summed E-state index contributed by atoms with van der Waals surface area (Å²) < 4.78 is 7.28. The Bertz CT molecular complexity index is 1060. The van der Waals surface area contributed by atoms with Gasteiger partial charge in [-0.15, -0.1) is 11.3 Å². The number of nitrogens with one attached hydrogen (secondary N) is 2. The number of thiazole rings is 1. The zero-order valence-corrected chi connectivity index (χ0v) is 15.4. The van der Waals surface area contributed by atoms with Gasteiger partial charge in [-0.3, -0.25) is 9.20 Å². The molecule has 136 valence electrons. The van der Waals surface area contributed by atoms with Gasteiger partial charge in [0.25, 0.3) is 5.91 Å². The Morgan fingerprint density at radius 3 is 3.00 bits per heavy atom. The summed E-state index contributed by atoms with van der Waals surface area (Å²) in [4.78, 5) is 22.4. The number of carbonyl (C=O) groups excluding carboxylic acids is 1. The van der Waals surface area contributed by atoms with Crippen molar-refractivity contribution in [1.29, 1.82) is 0 Å². The number of ether oxygens (including phenoxy) is 1. The molecule has 2 N–H and O–H groups in total. The van der Waals surface area contributed by atoms with E-state index in [0.717, 1.165) is 16.3 Å². The molecular formula is C19H17N5O2S. The second-order valence-corrected chi connectivity index (χ2v) is 6.61. The van der Waals surface area contributed by atoms with E-state index in [1.54, 1.807) is 36.8 Å². The topological polar surface area (TPSA) is 80.5 Å². The maximum atomic E-state index is 12.7. The predicted molar refractivity (Wildman–Crippen MR) is 105 cm³/mol. The summed E-state index contributed by atoms with van der Waals surface area (Å²) in [6.07, 6.45) is 5.48. The largest absolute Gasteiger partial charge is 0.495 e. The SMILES string of the molecule is COc1ccccc1Nc1ncccc1C(=O)NCc1cn2ccsc2n1. The number of imidazole rings is 1. The molecule has 0 unspecified atom stereocenters. The lowest BCUT2D eigenvalue weighted by molar-refractivity contribution is 0.0951. The smallest absolute Gasteiger partial charge is 0.255 e. The molecule has 0 aliphatic carbocycles. The van der Waals surface area contributed by atoms with Crippen LogP contribution in [0.5, 0.6) is 5.75 Å². The molecule has 3 heterocycles. The van der Waals surface area contributed by atoms with Gasteiger partial charge in [-0.05, 0) is 24.3 Å². The second kappa shape index (κ2) is 7.46. The zero-order chi connectivity index (χ0) is 18.6. The first-order valence-electron chi connectivity index (χ1n) is 8.29. The van der Waals surface area contributed by atoms with Crippen molar-refractivity contribution in [2.24, 2.45) is 0 Å². The van der Waals surface area contributed by atoms with E-state index in [9.17, 15) is 4.79 Å². The van der Waals surface area contributed by atoms with Crippen molar-refractivity contribution in [2.45, 2.75) is 6.54 Å². The fourth-order valence-electron chi connectivity index (χ4n) is 2.69. The van der Waals surface area contributed by atoms with Crippen LogP contribution in [0.15, 0.2) is 60.4 Å². The normalized spacial score (nSPS) is 10.7. The Kier molecular flexibility index (Phi) is 4.71. The van der Waals surface area contributed by atoms with E-state index in [0.29, 0.717) is 23.7 Å². The lowest BCUT2D eigenvalue weighted by Crippen LogP contribution is -2.24. The molecule has 0 radical (unpaired) electrons. The Hall–Kier alpha value is -3.39. The lowest BCUT2D eigenvalue weighted by Gasteiger charge is -2.13. The van der Waals surface area contributed by atoms with Crippen LogP contribution in [0, 0.1) is 0 Å². The molecule has 0 atom stereocenters. The minimum Gasteiger partial charge on any atom is -0.495 e. The van der Waals surface area contributed by atoms with Gasteiger partial charge in [0.2, 0.25) is 0 Å². The molecule has 0 aliphatic heterocycles. The molecule has 3 aromatic heterocycles. The number of aromatic nitrogens is 3. The van der Waals surface area contributed by atoms with Gasteiger partial charge in [0, 0.05) is 24.0 Å². The van der Waals surface area contributed by atoms with Crippen molar-refractivity contribution in [3.63, 3.8) is 0 Å². The van der Waals surface area contributed by atoms with Crippen LogP contribution in [0.3, 0.4) is 0 Å². The third-order valence-electron chi connectivity index (χ3n) is 3.99. The average molecular weight is 379 g/mol. The van der Waals surface area contributed by atoms with Crippen LogP contribution in [0.1, 0.15) is 16.1 Å². The Balaban J connectivity index is 1.51. The maximum absolute atomic E-state index is 12.7. The van der Waals surface area contributed by atoms with Gasteiger partial charge in [0.1, 0.15) is 11.6 Å². The minimum absolute atomic E-state index is 0.225. The van der Waals surface area contributed by atoms with E-state index in [2.05, 4.69) is 20.6 Å². The summed E-state index contributed by atoms with van der Waals surface area (Å²) in [5.41, 5.74) is 1.99. The summed E-state index contributed by atoms with van der Waals surface area (Å²) in [6, 6.07) is 10.9. The van der Waals surface area contributed by atoms with Gasteiger partial charge >= 0.3 is 0 Å². The number of para-hydroxylation sites is 2. The van der Waals surface area contributed by atoms with Crippen LogP contribution < -0.4 is 15.4 Å². The Morgan fingerprint density at radius 1 is 1.26 bits per heavy atom. The van der Waals surface area contributed by atoms with E-state index in [4.69, 9.17) is 4.74 Å². The third kappa shape index (κ3) is 3.61. The van der Waals surface area contributed by atoms with E-state index >= 15 is 0 Å². The molecule has 4 rings (SSSR count). The molecule has 0 bridgehead atoms. The van der Waals surface area contributed by atoms with E-state index < -0.39 is 0 Å². The highest BCUT2D eigenvalue weighted by Crippen LogP contribution is 2.27. The summed E-state index contributed by atoms with van der Waals surface area (Å²) in [6.45, 7) is 0.343. The number of rotatable bonds is 6. The third-order valence-corrected chi connectivity index (χ3v) is 4.76. The van der Waals surface area contributed by atoms with E-state index in [1.807, 2.05) is 46.4 Å². The highest BCUT2D eigenvalue weighted by atomic mass is 32.1. The van der Waals surface area contributed by atoms with E-state index in [1.165, 1.54) is 0 Å². The molecule has 0 saturated heterocycles. The highest BCUT2D eigenvalue weighted by Gasteiger charge is 2.14. The van der Waals surface area contributed by atoms with Crippen LogP contribution in [0.2, 0.25) is 0 Å². The highest BCUT2D eigenvalue weighted by molar-refractivity contribution is 7.15. The number of carbonyl (C=O) groups is 1. The van der Waals surface area contributed by atoms with Crippen molar-refractivity contribution < 1.29 is 9.53 Å². The number of hydrogen-bond acceptors (Lipinski definition) is 6. The van der Waals surface area contributed by atoms with Crippen molar-refractivity contribution in [2.75, 3.05) is 12.4 Å². The summed E-state index contributed by atoms with van der Waals surface area (Å²) >= 11 is 1.55. The van der Waals surface area contributed by atoms with Gasteiger partial charge in [0.05, 0.1) is 30.6 Å². The molecule has 1 aromatic carbocycles. The number of anilines is 2. The van der Waals surface area contributed by atoms with Gasteiger partial charge in [-0.1, -0.05) is 12.1 Å². The summed E-state index contributed by atoms with van der Waals surface area (Å²) in [5.74, 6) is 0.912. The first kappa shape index (κ1) is 17.0. The molecular weight excluding hydrogens is 362 g/mol. The number of nitrogens with zero attached hydrogens (tertiary/aromatic N) is 3. The van der Waals surface area contributed by atoms with Crippen molar-refractivity contribution in [3.05, 3.63) is 71.6 Å². The first-order valence-corrected chi connectivity index (χ1v) is 9.17. The number of methoxy groups -OCH3 is 1. The Labute approximate surface area is 159 Å². The average Bonchev–Trinajstić information content (AvgIpc) is 3.29. The predicted octanol–water partition coefficient (Wildman–Crippen LogP) is 3.47. The number of fused-ring (bicyclic) bond motifs is 1. The molecule has 27 heavy (non-hydrogen) atoms. The molecule has 0 saturated carbocycles. The van der Waals surface area contributed by atoms with Gasteiger partial charge in [0.15, 0.2) is 4.96 Å². The molecule has 0 spiro atoms. The first-order chi connectivity index (χ1) is 13.2. The second-order valence-electron chi connectivity index (χ2n) is 5.73. The van der Waals surface area contributed by atoms with E-state index in [-0.39, 0.29) is 5.91 Å². The maximum Gasteiger partial charge on any atom is 0.255 e. The lowest BCUT2D eigenvalue weighted by atomic mass is 10.2. The number of amides is 1. The number of benzene rings is 1. The molecule has 8 heteroatoms. The fraction of sp³-hybridized carbons (Fsp3) is 0.105. The van der Waals surface area contributed by atoms with Crippen LogP contribution in [0.25, 0.3) is 4.96 Å². The van der Waals surface area contributed by atoms with Crippen molar-refractivity contribution in [3.8, 4) is 5.75 Å². The van der Waals surface area contributed by atoms with Crippen molar-refractivity contribution in [1.82, 2.24) is 19.7 Å². The van der Waals surface area contributed by atoms with Crippen LogP contribution in [-0.2, 0) is 6.54 Å². The molecule has 7 nitrogen and oxygen atoms in total. The molecule has 0 fully saturated rings. The van der Waals surface area contributed by atoms with Gasteiger partial charge < -0.3 is 15.4 Å². The standard InChI is InChI=1S/C19H17N5O2S/c1-26-16-7-3-2-6-15(16)23-17-14(5-4-8-20-17)18(25)21-11-13-12-24-9-10-27-19(24)22-13/h2-10,12H,11H2,1H3,(H,20,23)(H,21,25). The molecule has 1 amide bonds. The molecule has 0 aliphatic rings. The monoisotopic (exact) mass is 379 g/mol. The van der Waals surface area contributed by atoms with Gasteiger partial charge in [-0.2, -0.15) is 0 Å². The zero-order valence-electron chi connectivity index (χ0n) is 14.5. The number of hydrogen-bond donors (Lipinski definition) is 2. The van der Waals surface area contributed by atoms with Gasteiger partial charge in [-0.25, -0.2) is 9.97 Å². The van der Waals surface area contributed by atoms with Crippen molar-refractivity contribution >= 4 is 33.7 Å². The van der Waals surface area contributed by atoms with Crippen LogP contribution in [0.4, 0.5) is 11.5 Å². The summed E-state index contributed by atoms with van der Waals surface area (Å²) in [7, 11) is 1.60. The van der Waals surface area contributed by atoms with Crippen LogP contribution >= 0.6 is 11.3 Å². The quantitative estimate of drug-likeness (QED) is 0.536. The minimum atomic E-state index is -0.225. The molecule has 4 aromatic rings. The fourth-order valence-corrected chi connectivity index (χ4v) is 3.41. The van der Waals surface area contributed by atoms with Crippen LogP contribution in [-0.4, -0.2) is 27.4 Å².